The third kappa shape index (κ3) is 3.18. The van der Waals surface area contributed by atoms with E-state index in [1.54, 1.807) is 0 Å². The molecule has 1 heterocycles. The Morgan fingerprint density at radius 2 is 2.27 bits per heavy atom. The Hall–Kier alpha value is -0.610. The molecule has 0 amide bonds. The van der Waals surface area contributed by atoms with E-state index in [4.69, 9.17) is 4.74 Å². The largest absolute Gasteiger partial charge is 0.481 e. The molecule has 1 atom stereocenters. The number of rotatable bonds is 5. The predicted octanol–water partition coefficient (Wildman–Crippen LogP) is 1.07. The van der Waals surface area contributed by atoms with Gasteiger partial charge in [0.2, 0.25) is 0 Å². The van der Waals surface area contributed by atoms with Crippen molar-refractivity contribution in [2.24, 2.45) is 11.3 Å². The lowest BCUT2D eigenvalue weighted by Gasteiger charge is -2.29. The average molecular weight is 215 g/mol. The van der Waals surface area contributed by atoms with Crippen molar-refractivity contribution >= 4 is 5.97 Å². The van der Waals surface area contributed by atoms with Crippen LogP contribution in [0.4, 0.5) is 0 Å². The molecule has 0 saturated carbocycles. The Bertz CT molecular complexity index is 222. The topological polar surface area (TPSA) is 49.8 Å². The summed E-state index contributed by atoms with van der Waals surface area (Å²) in [6, 6.07) is 0. The van der Waals surface area contributed by atoms with Gasteiger partial charge in [0.15, 0.2) is 0 Å². The fraction of sp³-hybridized carbons (Fsp3) is 0.909. The van der Waals surface area contributed by atoms with Crippen LogP contribution in [-0.4, -0.2) is 49.3 Å². The molecule has 0 bridgehead atoms. The van der Waals surface area contributed by atoms with Gasteiger partial charge < -0.3 is 14.7 Å². The minimum atomic E-state index is -0.726. The van der Waals surface area contributed by atoms with Gasteiger partial charge in [-0.2, -0.15) is 0 Å². The first-order chi connectivity index (χ1) is 6.96. The van der Waals surface area contributed by atoms with Crippen molar-refractivity contribution in [1.29, 1.82) is 0 Å². The number of aliphatic carboxylic acids is 1. The molecule has 1 rings (SSSR count). The highest BCUT2D eigenvalue weighted by molar-refractivity contribution is 5.75. The fourth-order valence-electron chi connectivity index (χ4n) is 2.17. The molecule has 0 aromatic heterocycles. The van der Waals surface area contributed by atoms with E-state index in [9.17, 15) is 9.90 Å². The van der Waals surface area contributed by atoms with Gasteiger partial charge in [0.25, 0.3) is 0 Å². The number of hydrogen-bond acceptors (Lipinski definition) is 3. The second-order valence-corrected chi connectivity index (χ2v) is 4.98. The van der Waals surface area contributed by atoms with Crippen molar-refractivity contribution in [1.82, 2.24) is 4.90 Å². The summed E-state index contributed by atoms with van der Waals surface area (Å²) in [5, 5.41) is 9.24. The lowest BCUT2D eigenvalue weighted by molar-refractivity contribution is -0.150. The van der Waals surface area contributed by atoms with E-state index in [1.165, 1.54) is 0 Å². The van der Waals surface area contributed by atoms with Gasteiger partial charge in [0.05, 0.1) is 6.61 Å². The van der Waals surface area contributed by atoms with Crippen LogP contribution in [0.1, 0.15) is 20.3 Å². The lowest BCUT2D eigenvalue weighted by atomic mass is 9.87. The summed E-state index contributed by atoms with van der Waals surface area (Å²) in [5.74, 6) is -0.168. The molecule has 0 radical (unpaired) electrons. The summed E-state index contributed by atoms with van der Waals surface area (Å²) in [6.45, 7) is 6.70. The first-order valence-electron chi connectivity index (χ1n) is 5.46. The monoisotopic (exact) mass is 215 g/mol. The van der Waals surface area contributed by atoms with Crippen LogP contribution in [0.3, 0.4) is 0 Å². The molecule has 1 unspecified atom stereocenters. The van der Waals surface area contributed by atoms with Crippen molar-refractivity contribution < 1.29 is 14.6 Å². The van der Waals surface area contributed by atoms with E-state index < -0.39 is 11.4 Å². The third-order valence-corrected chi connectivity index (χ3v) is 2.81. The highest BCUT2D eigenvalue weighted by Gasteiger charge is 2.43. The number of carboxylic acids is 1. The molecular weight excluding hydrogens is 194 g/mol. The minimum Gasteiger partial charge on any atom is -0.481 e. The van der Waals surface area contributed by atoms with Crippen molar-refractivity contribution in [3.05, 3.63) is 0 Å². The Labute approximate surface area is 91.2 Å². The molecule has 88 valence electrons. The Balaban J connectivity index is 2.55. The van der Waals surface area contributed by atoms with Crippen LogP contribution >= 0.6 is 0 Å². The fourth-order valence-corrected chi connectivity index (χ4v) is 2.17. The molecular formula is C11H21NO3. The van der Waals surface area contributed by atoms with Gasteiger partial charge >= 0.3 is 5.97 Å². The SMILES string of the molecule is CC(C)CN(C)CC1(C(=O)O)CCOC1. The molecule has 15 heavy (non-hydrogen) atoms. The first kappa shape index (κ1) is 12.5. The maximum absolute atomic E-state index is 11.2. The first-order valence-corrected chi connectivity index (χ1v) is 5.46. The Morgan fingerprint density at radius 1 is 1.60 bits per heavy atom. The third-order valence-electron chi connectivity index (χ3n) is 2.81. The number of ether oxygens (including phenoxy) is 1. The van der Waals surface area contributed by atoms with Gasteiger partial charge in [0, 0.05) is 19.7 Å². The second kappa shape index (κ2) is 4.94. The van der Waals surface area contributed by atoms with Crippen molar-refractivity contribution in [2.45, 2.75) is 20.3 Å². The normalized spacial score (nSPS) is 26.5. The van der Waals surface area contributed by atoms with Crippen LogP contribution in [0.15, 0.2) is 0 Å². The highest BCUT2D eigenvalue weighted by Crippen LogP contribution is 2.29. The van der Waals surface area contributed by atoms with Crippen LogP contribution < -0.4 is 0 Å². The number of carbonyl (C=O) groups is 1. The van der Waals surface area contributed by atoms with E-state index in [0.29, 0.717) is 32.1 Å². The zero-order valence-electron chi connectivity index (χ0n) is 9.82. The molecule has 1 aliphatic heterocycles. The van der Waals surface area contributed by atoms with Crippen molar-refractivity contribution in [2.75, 3.05) is 33.4 Å². The molecule has 0 aliphatic carbocycles. The summed E-state index contributed by atoms with van der Waals surface area (Å²) >= 11 is 0. The quantitative estimate of drug-likeness (QED) is 0.745. The zero-order valence-corrected chi connectivity index (χ0v) is 9.82. The van der Waals surface area contributed by atoms with Gasteiger partial charge in [-0.05, 0) is 19.4 Å². The number of nitrogens with zero attached hydrogens (tertiary/aromatic N) is 1. The highest BCUT2D eigenvalue weighted by atomic mass is 16.5. The summed E-state index contributed by atoms with van der Waals surface area (Å²) in [5.41, 5.74) is -0.677. The molecule has 4 heteroatoms. The summed E-state index contributed by atoms with van der Waals surface area (Å²) < 4.78 is 5.22. The van der Waals surface area contributed by atoms with Gasteiger partial charge in [-0.1, -0.05) is 13.8 Å². The van der Waals surface area contributed by atoms with E-state index in [-0.39, 0.29) is 0 Å². The maximum atomic E-state index is 11.2. The van der Waals surface area contributed by atoms with Crippen LogP contribution in [-0.2, 0) is 9.53 Å². The van der Waals surface area contributed by atoms with Crippen molar-refractivity contribution in [3.63, 3.8) is 0 Å². The molecule has 1 aliphatic rings. The maximum Gasteiger partial charge on any atom is 0.313 e. The molecule has 1 fully saturated rings. The van der Waals surface area contributed by atoms with E-state index >= 15 is 0 Å². The van der Waals surface area contributed by atoms with Crippen LogP contribution in [0.25, 0.3) is 0 Å². The zero-order chi connectivity index (χ0) is 11.5. The smallest absolute Gasteiger partial charge is 0.313 e. The molecule has 1 N–H and O–H groups in total. The molecule has 0 spiro atoms. The second-order valence-electron chi connectivity index (χ2n) is 4.98. The minimum absolute atomic E-state index is 0.352. The van der Waals surface area contributed by atoms with Crippen LogP contribution in [0.5, 0.6) is 0 Å². The van der Waals surface area contributed by atoms with Gasteiger partial charge in [0.1, 0.15) is 5.41 Å². The summed E-state index contributed by atoms with van der Waals surface area (Å²) in [4.78, 5) is 13.3. The van der Waals surface area contributed by atoms with Crippen LogP contribution in [0, 0.1) is 11.3 Å². The van der Waals surface area contributed by atoms with Crippen molar-refractivity contribution in [3.8, 4) is 0 Å². The summed E-state index contributed by atoms with van der Waals surface area (Å²) in [7, 11) is 1.98. The molecule has 1 saturated heterocycles. The molecule has 0 aromatic rings. The van der Waals surface area contributed by atoms with Gasteiger partial charge in [-0.3, -0.25) is 4.79 Å². The lowest BCUT2D eigenvalue weighted by Crippen LogP contribution is -2.43. The predicted molar refractivity (Wildman–Crippen MR) is 57.8 cm³/mol. The van der Waals surface area contributed by atoms with Gasteiger partial charge in [-0.25, -0.2) is 0 Å². The molecule has 4 nitrogen and oxygen atoms in total. The number of carboxylic acid groups (broad SMARTS) is 1. The average Bonchev–Trinajstić information content (AvgIpc) is 2.52. The Morgan fingerprint density at radius 3 is 2.67 bits per heavy atom. The van der Waals surface area contributed by atoms with E-state index in [1.807, 2.05) is 7.05 Å². The van der Waals surface area contributed by atoms with E-state index in [0.717, 1.165) is 6.54 Å². The Kier molecular flexibility index (Phi) is 4.11. The van der Waals surface area contributed by atoms with Gasteiger partial charge in [-0.15, -0.1) is 0 Å². The molecule has 0 aromatic carbocycles. The van der Waals surface area contributed by atoms with Crippen LogP contribution in [0.2, 0.25) is 0 Å². The summed E-state index contributed by atoms with van der Waals surface area (Å²) in [6.07, 6.45) is 0.630. The van der Waals surface area contributed by atoms with E-state index in [2.05, 4.69) is 18.7 Å². The standard InChI is InChI=1S/C11H21NO3/c1-9(2)6-12(3)7-11(10(13)14)4-5-15-8-11/h9H,4-8H2,1-3H3,(H,13,14). The number of hydrogen-bond donors (Lipinski definition) is 1.